The highest BCUT2D eigenvalue weighted by atomic mass is 35.5. The molecule has 2 nitrogen and oxygen atoms in total. The quantitative estimate of drug-likeness (QED) is 0.791. The SMILES string of the molecule is C[Si](C)(C)c1c(Cl)cccc1C(=O)O. The standard InChI is InChI=1S/C10H13ClO2Si/c1-14(2,3)9-7(10(12)13)5-4-6-8(9)11/h4-6H,1-3H3,(H,12,13). The van der Waals surface area contributed by atoms with Crippen LogP contribution in [-0.4, -0.2) is 19.1 Å². The van der Waals surface area contributed by atoms with Gasteiger partial charge in [-0.1, -0.05) is 37.3 Å². The van der Waals surface area contributed by atoms with Gasteiger partial charge < -0.3 is 5.11 Å². The molecular weight excluding hydrogens is 216 g/mol. The molecule has 4 heteroatoms. The third kappa shape index (κ3) is 2.16. The first-order valence-electron chi connectivity index (χ1n) is 4.36. The molecule has 0 saturated carbocycles. The largest absolute Gasteiger partial charge is 0.478 e. The zero-order chi connectivity index (χ0) is 10.9. The fraction of sp³-hybridized carbons (Fsp3) is 0.300. The monoisotopic (exact) mass is 228 g/mol. The Morgan fingerprint density at radius 1 is 1.36 bits per heavy atom. The lowest BCUT2D eigenvalue weighted by Gasteiger charge is -2.20. The molecule has 1 N–H and O–H groups in total. The van der Waals surface area contributed by atoms with Crippen LogP contribution in [0, 0.1) is 0 Å². The lowest BCUT2D eigenvalue weighted by Crippen LogP contribution is -2.42. The lowest BCUT2D eigenvalue weighted by atomic mass is 10.2. The fourth-order valence-electron chi connectivity index (χ4n) is 1.46. The van der Waals surface area contributed by atoms with Crippen molar-refractivity contribution in [3.05, 3.63) is 28.8 Å². The number of halogens is 1. The zero-order valence-corrected chi connectivity index (χ0v) is 10.2. The second kappa shape index (κ2) is 3.75. The highest BCUT2D eigenvalue weighted by Gasteiger charge is 2.25. The third-order valence-electron chi connectivity index (χ3n) is 1.99. The van der Waals surface area contributed by atoms with Crippen molar-refractivity contribution >= 4 is 30.8 Å². The van der Waals surface area contributed by atoms with Crippen LogP contribution in [0.4, 0.5) is 0 Å². The molecule has 0 spiro atoms. The Balaban J connectivity index is 3.45. The first-order valence-corrected chi connectivity index (χ1v) is 8.24. The van der Waals surface area contributed by atoms with Crippen LogP contribution in [0.5, 0.6) is 0 Å². The van der Waals surface area contributed by atoms with Gasteiger partial charge in [0.05, 0.1) is 13.6 Å². The van der Waals surface area contributed by atoms with Crippen LogP contribution >= 0.6 is 11.6 Å². The molecule has 0 fully saturated rings. The summed E-state index contributed by atoms with van der Waals surface area (Å²) in [7, 11) is -1.70. The second-order valence-corrected chi connectivity index (χ2v) is 9.62. The summed E-state index contributed by atoms with van der Waals surface area (Å²) in [6, 6.07) is 5.04. The van der Waals surface area contributed by atoms with E-state index in [9.17, 15) is 4.79 Å². The van der Waals surface area contributed by atoms with E-state index >= 15 is 0 Å². The van der Waals surface area contributed by atoms with Crippen LogP contribution < -0.4 is 5.19 Å². The minimum Gasteiger partial charge on any atom is -0.478 e. The van der Waals surface area contributed by atoms with Gasteiger partial charge in [0.2, 0.25) is 0 Å². The van der Waals surface area contributed by atoms with Gasteiger partial charge in [0.15, 0.2) is 0 Å². The minimum absolute atomic E-state index is 0.344. The molecule has 0 aromatic heterocycles. The number of hydrogen-bond donors (Lipinski definition) is 1. The van der Waals surface area contributed by atoms with Gasteiger partial charge in [-0.2, -0.15) is 0 Å². The van der Waals surface area contributed by atoms with Crippen molar-refractivity contribution in [2.45, 2.75) is 19.6 Å². The van der Waals surface area contributed by atoms with Crippen LogP contribution in [0.15, 0.2) is 18.2 Å². The Hall–Kier alpha value is -0.803. The van der Waals surface area contributed by atoms with E-state index in [-0.39, 0.29) is 0 Å². The summed E-state index contributed by atoms with van der Waals surface area (Å²) in [6.07, 6.45) is 0. The number of carboxylic acids is 1. The molecule has 1 aromatic rings. The van der Waals surface area contributed by atoms with Crippen molar-refractivity contribution in [1.82, 2.24) is 0 Å². The fourth-order valence-corrected chi connectivity index (χ4v) is 4.29. The third-order valence-corrected chi connectivity index (χ3v) is 4.51. The first kappa shape index (κ1) is 11.3. The van der Waals surface area contributed by atoms with E-state index in [0.717, 1.165) is 5.19 Å². The summed E-state index contributed by atoms with van der Waals surface area (Å²) in [6.45, 7) is 6.25. The van der Waals surface area contributed by atoms with Crippen molar-refractivity contribution in [3.63, 3.8) is 0 Å². The number of rotatable bonds is 2. The molecule has 0 bridgehead atoms. The van der Waals surface area contributed by atoms with Crippen LogP contribution in [0.3, 0.4) is 0 Å². The molecule has 76 valence electrons. The molecular formula is C10H13ClO2Si. The van der Waals surface area contributed by atoms with Crippen molar-refractivity contribution in [2.24, 2.45) is 0 Å². The highest BCUT2D eigenvalue weighted by Crippen LogP contribution is 2.15. The maximum atomic E-state index is 11.0. The van der Waals surface area contributed by atoms with Gasteiger partial charge in [0, 0.05) is 5.02 Å². The minimum atomic E-state index is -1.70. The summed E-state index contributed by atoms with van der Waals surface area (Å²) in [5.74, 6) is -0.898. The molecule has 0 amide bonds. The molecule has 0 saturated heterocycles. The number of carbonyl (C=O) groups is 1. The van der Waals surface area contributed by atoms with E-state index in [4.69, 9.17) is 16.7 Å². The van der Waals surface area contributed by atoms with E-state index in [1.54, 1.807) is 18.2 Å². The first-order chi connectivity index (χ1) is 6.34. The Bertz CT molecular complexity index is 369. The van der Waals surface area contributed by atoms with Crippen LogP contribution in [0.1, 0.15) is 10.4 Å². The maximum Gasteiger partial charge on any atom is 0.335 e. The number of hydrogen-bond acceptors (Lipinski definition) is 1. The number of carboxylic acid groups (broad SMARTS) is 1. The molecule has 0 aliphatic heterocycles. The van der Waals surface area contributed by atoms with Gasteiger partial charge in [-0.05, 0) is 17.3 Å². The summed E-state index contributed by atoms with van der Waals surface area (Å²) in [4.78, 5) is 11.0. The molecule has 0 aliphatic carbocycles. The molecule has 0 atom stereocenters. The molecule has 0 radical (unpaired) electrons. The van der Waals surface area contributed by atoms with Gasteiger partial charge in [0.25, 0.3) is 0 Å². The zero-order valence-electron chi connectivity index (χ0n) is 8.47. The van der Waals surface area contributed by atoms with Gasteiger partial charge in [0.1, 0.15) is 0 Å². The molecule has 1 aromatic carbocycles. The van der Waals surface area contributed by atoms with E-state index in [1.807, 2.05) is 0 Å². The Kier molecular flexibility index (Phi) is 3.02. The second-order valence-electron chi connectivity index (χ2n) is 4.22. The molecule has 0 heterocycles. The molecule has 14 heavy (non-hydrogen) atoms. The van der Waals surface area contributed by atoms with E-state index in [2.05, 4.69) is 19.6 Å². The lowest BCUT2D eigenvalue weighted by molar-refractivity contribution is 0.0698. The van der Waals surface area contributed by atoms with Crippen molar-refractivity contribution in [3.8, 4) is 0 Å². The summed E-state index contributed by atoms with van der Waals surface area (Å²) in [5, 5.41) is 10.4. The summed E-state index contributed by atoms with van der Waals surface area (Å²) >= 11 is 6.03. The Morgan fingerprint density at radius 3 is 2.29 bits per heavy atom. The highest BCUT2D eigenvalue weighted by molar-refractivity contribution is 6.90. The molecule has 1 rings (SSSR count). The van der Waals surface area contributed by atoms with Gasteiger partial charge in [-0.3, -0.25) is 0 Å². The van der Waals surface area contributed by atoms with Crippen LogP contribution in [0.25, 0.3) is 0 Å². The van der Waals surface area contributed by atoms with Crippen LogP contribution in [-0.2, 0) is 0 Å². The van der Waals surface area contributed by atoms with E-state index in [1.165, 1.54) is 0 Å². The molecule has 0 unspecified atom stereocenters. The van der Waals surface area contributed by atoms with Crippen molar-refractivity contribution in [2.75, 3.05) is 0 Å². The Morgan fingerprint density at radius 2 is 1.93 bits per heavy atom. The smallest absolute Gasteiger partial charge is 0.335 e. The predicted octanol–water partition coefficient (Wildman–Crippen LogP) is 2.58. The van der Waals surface area contributed by atoms with Gasteiger partial charge in [-0.15, -0.1) is 0 Å². The number of aromatic carboxylic acids is 1. The number of benzene rings is 1. The maximum absolute atomic E-state index is 11.0. The van der Waals surface area contributed by atoms with E-state index in [0.29, 0.717) is 10.6 Å². The van der Waals surface area contributed by atoms with Gasteiger partial charge in [-0.25, -0.2) is 4.79 Å². The summed E-state index contributed by atoms with van der Waals surface area (Å²) < 4.78 is 0. The van der Waals surface area contributed by atoms with Crippen LogP contribution in [0.2, 0.25) is 24.7 Å². The molecule has 0 aliphatic rings. The van der Waals surface area contributed by atoms with Crippen molar-refractivity contribution in [1.29, 1.82) is 0 Å². The average Bonchev–Trinajstić information content (AvgIpc) is 2.01. The predicted molar refractivity (Wildman–Crippen MR) is 61.4 cm³/mol. The topological polar surface area (TPSA) is 37.3 Å². The van der Waals surface area contributed by atoms with E-state index < -0.39 is 14.0 Å². The van der Waals surface area contributed by atoms with Crippen molar-refractivity contribution < 1.29 is 9.90 Å². The normalized spacial score (nSPS) is 11.4. The Labute approximate surface area is 89.5 Å². The average molecular weight is 229 g/mol. The summed E-state index contributed by atoms with van der Waals surface area (Å²) in [5.41, 5.74) is 0.344. The van der Waals surface area contributed by atoms with Gasteiger partial charge >= 0.3 is 5.97 Å².